The Balaban J connectivity index is 2.11. The zero-order valence-corrected chi connectivity index (χ0v) is 12.2. The van der Waals surface area contributed by atoms with Crippen LogP contribution in [0.2, 0.25) is 0 Å². The summed E-state index contributed by atoms with van der Waals surface area (Å²) in [7, 11) is 1.69. The fraction of sp³-hybridized carbons (Fsp3) is 0.615. The maximum Gasteiger partial charge on any atom is 0.239 e. The van der Waals surface area contributed by atoms with Gasteiger partial charge < -0.3 is 16.0 Å². The molecule has 0 aliphatic rings. The predicted molar refractivity (Wildman–Crippen MR) is 79.5 cm³/mol. The molecule has 0 spiro atoms. The molecule has 1 amide bonds. The van der Waals surface area contributed by atoms with E-state index in [9.17, 15) is 4.79 Å². The van der Waals surface area contributed by atoms with Gasteiger partial charge in [-0.2, -0.15) is 5.10 Å². The SMILES string of the molecule is CCCNC(=O)CNC(=NC)NCCCn1cccn1. The van der Waals surface area contributed by atoms with Crippen LogP contribution in [-0.2, 0) is 11.3 Å². The van der Waals surface area contributed by atoms with Crippen molar-refractivity contribution in [3.05, 3.63) is 18.5 Å². The first-order valence-electron chi connectivity index (χ1n) is 6.95. The van der Waals surface area contributed by atoms with E-state index in [1.54, 1.807) is 13.2 Å². The summed E-state index contributed by atoms with van der Waals surface area (Å²) in [6, 6.07) is 1.91. The van der Waals surface area contributed by atoms with Gasteiger partial charge in [-0.3, -0.25) is 14.5 Å². The molecule has 1 aromatic heterocycles. The van der Waals surface area contributed by atoms with Gasteiger partial charge in [-0.25, -0.2) is 0 Å². The van der Waals surface area contributed by atoms with Gasteiger partial charge in [-0.15, -0.1) is 0 Å². The number of guanidine groups is 1. The maximum absolute atomic E-state index is 11.4. The smallest absolute Gasteiger partial charge is 0.239 e. The van der Waals surface area contributed by atoms with Crippen LogP contribution >= 0.6 is 0 Å². The summed E-state index contributed by atoms with van der Waals surface area (Å²) < 4.78 is 1.88. The highest BCUT2D eigenvalue weighted by atomic mass is 16.1. The first-order valence-corrected chi connectivity index (χ1v) is 6.95. The molecule has 0 saturated carbocycles. The van der Waals surface area contributed by atoms with E-state index in [1.165, 1.54) is 0 Å². The fourth-order valence-corrected chi connectivity index (χ4v) is 1.59. The Morgan fingerprint density at radius 1 is 1.30 bits per heavy atom. The van der Waals surface area contributed by atoms with Crippen molar-refractivity contribution in [1.82, 2.24) is 25.7 Å². The van der Waals surface area contributed by atoms with Gasteiger partial charge in [0.25, 0.3) is 0 Å². The molecule has 1 aromatic rings. The molecule has 20 heavy (non-hydrogen) atoms. The maximum atomic E-state index is 11.4. The Bertz CT molecular complexity index is 401. The van der Waals surface area contributed by atoms with Crippen molar-refractivity contribution in [3.63, 3.8) is 0 Å². The molecule has 1 heterocycles. The summed E-state index contributed by atoms with van der Waals surface area (Å²) in [4.78, 5) is 15.5. The van der Waals surface area contributed by atoms with Gasteiger partial charge >= 0.3 is 0 Å². The van der Waals surface area contributed by atoms with Gasteiger partial charge in [0.15, 0.2) is 5.96 Å². The Morgan fingerprint density at radius 3 is 2.80 bits per heavy atom. The number of nitrogens with one attached hydrogen (secondary N) is 3. The monoisotopic (exact) mass is 280 g/mol. The highest BCUT2D eigenvalue weighted by Crippen LogP contribution is 1.87. The van der Waals surface area contributed by atoms with Crippen molar-refractivity contribution < 1.29 is 4.79 Å². The van der Waals surface area contributed by atoms with Crippen molar-refractivity contribution in [2.24, 2.45) is 4.99 Å². The van der Waals surface area contributed by atoms with Crippen LogP contribution in [0.5, 0.6) is 0 Å². The van der Waals surface area contributed by atoms with Gasteiger partial charge in [0, 0.05) is 39.1 Å². The van der Waals surface area contributed by atoms with E-state index in [0.717, 1.165) is 25.9 Å². The van der Waals surface area contributed by atoms with Gasteiger partial charge in [-0.05, 0) is 18.9 Å². The third-order valence-corrected chi connectivity index (χ3v) is 2.63. The average molecular weight is 280 g/mol. The van der Waals surface area contributed by atoms with Crippen LogP contribution < -0.4 is 16.0 Å². The molecule has 0 radical (unpaired) electrons. The van der Waals surface area contributed by atoms with Crippen LogP contribution in [-0.4, -0.2) is 48.3 Å². The van der Waals surface area contributed by atoms with Crippen LogP contribution in [0.25, 0.3) is 0 Å². The van der Waals surface area contributed by atoms with E-state index in [2.05, 4.69) is 26.0 Å². The van der Waals surface area contributed by atoms with E-state index in [1.807, 2.05) is 23.9 Å². The molecule has 0 atom stereocenters. The van der Waals surface area contributed by atoms with Crippen LogP contribution in [0.15, 0.2) is 23.5 Å². The Labute approximate surface area is 119 Å². The number of hydrogen-bond donors (Lipinski definition) is 3. The fourth-order valence-electron chi connectivity index (χ4n) is 1.59. The molecule has 3 N–H and O–H groups in total. The minimum absolute atomic E-state index is 0.0219. The normalized spacial score (nSPS) is 11.2. The predicted octanol–water partition coefficient (Wildman–Crippen LogP) is -0.0356. The van der Waals surface area contributed by atoms with Crippen LogP contribution in [0.3, 0.4) is 0 Å². The standard InChI is InChI=1S/C13H24N6O/c1-3-6-15-12(20)11-17-13(14-2)16-7-4-9-19-10-5-8-18-19/h5,8,10H,3-4,6-7,9,11H2,1-2H3,(H,15,20)(H2,14,16,17). The summed E-state index contributed by atoms with van der Waals surface area (Å²) in [5.74, 6) is 0.614. The lowest BCUT2D eigenvalue weighted by atomic mass is 10.4. The van der Waals surface area contributed by atoms with E-state index in [-0.39, 0.29) is 12.5 Å². The first-order chi connectivity index (χ1) is 9.76. The molecule has 7 nitrogen and oxygen atoms in total. The summed E-state index contributed by atoms with van der Waals surface area (Å²) in [5, 5.41) is 13.1. The lowest BCUT2D eigenvalue weighted by molar-refractivity contribution is -0.120. The van der Waals surface area contributed by atoms with Crippen molar-refractivity contribution in [3.8, 4) is 0 Å². The van der Waals surface area contributed by atoms with Crippen molar-refractivity contribution in [2.75, 3.05) is 26.7 Å². The molecular formula is C13H24N6O. The molecule has 0 bridgehead atoms. The Kier molecular flexibility index (Phi) is 7.86. The minimum atomic E-state index is -0.0219. The quantitative estimate of drug-likeness (QED) is 0.354. The van der Waals surface area contributed by atoms with Gasteiger partial charge in [0.2, 0.25) is 5.91 Å². The van der Waals surface area contributed by atoms with Gasteiger partial charge in [0.05, 0.1) is 6.54 Å². The second-order valence-corrected chi connectivity index (χ2v) is 4.33. The Morgan fingerprint density at radius 2 is 2.15 bits per heavy atom. The number of hydrogen-bond acceptors (Lipinski definition) is 3. The highest BCUT2D eigenvalue weighted by molar-refractivity contribution is 5.86. The van der Waals surface area contributed by atoms with E-state index >= 15 is 0 Å². The summed E-state index contributed by atoms with van der Waals surface area (Å²) in [6.07, 6.45) is 5.57. The Hall–Kier alpha value is -2.05. The average Bonchev–Trinajstić information content (AvgIpc) is 2.97. The lowest BCUT2D eigenvalue weighted by Gasteiger charge is -2.11. The zero-order valence-electron chi connectivity index (χ0n) is 12.2. The molecule has 0 saturated heterocycles. The molecule has 112 valence electrons. The summed E-state index contributed by atoms with van der Waals surface area (Å²) >= 11 is 0. The molecule has 0 unspecified atom stereocenters. The van der Waals surface area contributed by atoms with Crippen molar-refractivity contribution in [2.45, 2.75) is 26.3 Å². The molecule has 1 rings (SSSR count). The molecule has 7 heteroatoms. The number of nitrogens with zero attached hydrogens (tertiary/aromatic N) is 3. The number of aryl methyl sites for hydroxylation is 1. The number of aliphatic imine (C=N–C) groups is 1. The summed E-state index contributed by atoms with van der Waals surface area (Å²) in [6.45, 7) is 4.59. The molecule has 0 aliphatic heterocycles. The largest absolute Gasteiger partial charge is 0.356 e. The van der Waals surface area contributed by atoms with Gasteiger partial charge in [-0.1, -0.05) is 6.92 Å². The van der Waals surface area contributed by atoms with Crippen LogP contribution in [0, 0.1) is 0 Å². The second-order valence-electron chi connectivity index (χ2n) is 4.33. The van der Waals surface area contributed by atoms with E-state index < -0.39 is 0 Å². The lowest BCUT2D eigenvalue weighted by Crippen LogP contribution is -2.43. The number of amides is 1. The molecule has 0 aromatic carbocycles. The topological polar surface area (TPSA) is 83.3 Å². The molecule has 0 aliphatic carbocycles. The summed E-state index contributed by atoms with van der Waals surface area (Å²) in [5.41, 5.74) is 0. The first kappa shape index (κ1) is 16.0. The van der Waals surface area contributed by atoms with Crippen molar-refractivity contribution >= 4 is 11.9 Å². The molecule has 0 fully saturated rings. The highest BCUT2D eigenvalue weighted by Gasteiger charge is 2.02. The number of carbonyl (C=O) groups is 1. The third-order valence-electron chi connectivity index (χ3n) is 2.63. The number of rotatable bonds is 8. The van der Waals surface area contributed by atoms with Gasteiger partial charge in [0.1, 0.15) is 0 Å². The van der Waals surface area contributed by atoms with E-state index in [4.69, 9.17) is 0 Å². The number of aromatic nitrogens is 2. The minimum Gasteiger partial charge on any atom is -0.356 e. The van der Waals surface area contributed by atoms with E-state index in [0.29, 0.717) is 12.5 Å². The second kappa shape index (κ2) is 9.82. The zero-order chi connectivity index (χ0) is 14.6. The number of carbonyl (C=O) groups excluding carboxylic acids is 1. The van der Waals surface area contributed by atoms with Crippen LogP contribution in [0.1, 0.15) is 19.8 Å². The third kappa shape index (κ3) is 6.77. The molecular weight excluding hydrogens is 256 g/mol. The van der Waals surface area contributed by atoms with Crippen LogP contribution in [0.4, 0.5) is 0 Å². The van der Waals surface area contributed by atoms with Crippen molar-refractivity contribution in [1.29, 1.82) is 0 Å².